The average molecular weight is 448 g/mol. The SMILES string of the molecule is COc1ccc(C2c3[nH]c4ccc(O)cc4c3CCN2C)cc1.O=Cc1ccc(F)c(O)c1. The molecule has 5 rings (SSSR count). The lowest BCUT2D eigenvalue weighted by molar-refractivity contribution is 0.112. The summed E-state index contributed by atoms with van der Waals surface area (Å²) in [6.07, 6.45) is 1.53. The van der Waals surface area contributed by atoms with Crippen LogP contribution in [-0.4, -0.2) is 47.1 Å². The first kappa shape index (κ1) is 22.4. The third-order valence-corrected chi connectivity index (χ3v) is 5.89. The third kappa shape index (κ3) is 4.54. The van der Waals surface area contributed by atoms with Gasteiger partial charge in [0, 0.05) is 28.7 Å². The number of aromatic nitrogens is 1. The van der Waals surface area contributed by atoms with Gasteiger partial charge in [0.05, 0.1) is 13.2 Å². The molecule has 2 heterocycles. The number of ether oxygens (including phenoxy) is 1. The largest absolute Gasteiger partial charge is 0.508 e. The van der Waals surface area contributed by atoms with Crippen molar-refractivity contribution in [3.8, 4) is 17.2 Å². The van der Waals surface area contributed by atoms with Crippen LogP contribution in [0.2, 0.25) is 0 Å². The maximum atomic E-state index is 12.3. The zero-order valence-corrected chi connectivity index (χ0v) is 18.4. The van der Waals surface area contributed by atoms with Crippen LogP contribution in [0.5, 0.6) is 17.2 Å². The van der Waals surface area contributed by atoms with Crippen LogP contribution in [-0.2, 0) is 6.42 Å². The van der Waals surface area contributed by atoms with Crippen LogP contribution in [0.25, 0.3) is 10.9 Å². The molecule has 0 spiro atoms. The number of nitrogens with zero attached hydrogens (tertiary/aromatic N) is 1. The Morgan fingerprint density at radius 3 is 2.52 bits per heavy atom. The molecule has 170 valence electrons. The molecule has 33 heavy (non-hydrogen) atoms. The lowest BCUT2D eigenvalue weighted by Crippen LogP contribution is -2.32. The second kappa shape index (κ2) is 9.34. The monoisotopic (exact) mass is 448 g/mol. The van der Waals surface area contributed by atoms with Crippen molar-refractivity contribution in [1.29, 1.82) is 0 Å². The number of aromatic hydroxyl groups is 2. The molecule has 3 aromatic carbocycles. The highest BCUT2D eigenvalue weighted by molar-refractivity contribution is 5.86. The highest BCUT2D eigenvalue weighted by Gasteiger charge is 2.29. The van der Waals surface area contributed by atoms with Crippen LogP contribution < -0.4 is 4.74 Å². The molecular formula is C26H25FN2O4. The molecule has 0 saturated carbocycles. The molecule has 6 nitrogen and oxygen atoms in total. The van der Waals surface area contributed by atoms with Gasteiger partial charge in [-0.3, -0.25) is 9.69 Å². The van der Waals surface area contributed by atoms with E-state index in [2.05, 4.69) is 29.1 Å². The molecule has 7 heteroatoms. The van der Waals surface area contributed by atoms with Crippen molar-refractivity contribution >= 4 is 17.2 Å². The number of H-pyrrole nitrogens is 1. The molecule has 0 radical (unpaired) electrons. The Morgan fingerprint density at radius 2 is 1.85 bits per heavy atom. The summed E-state index contributed by atoms with van der Waals surface area (Å²) in [6.45, 7) is 0.992. The standard InChI is InChI=1S/C19H20N2O2.C7H5FO2/c1-21-10-9-15-16-11-13(22)5-8-17(16)20-18(15)19(21)12-3-6-14(23-2)7-4-12;8-6-2-1-5(4-9)3-7(6)10/h3-8,11,19-20,22H,9-10H2,1-2H3;1-4,10H. The normalized spacial score (nSPS) is 15.4. The minimum Gasteiger partial charge on any atom is -0.508 e. The highest BCUT2D eigenvalue weighted by atomic mass is 19.1. The number of fused-ring (bicyclic) bond motifs is 3. The number of carbonyl (C=O) groups excluding carboxylic acids is 1. The van der Waals surface area contributed by atoms with Crippen molar-refractivity contribution in [3.63, 3.8) is 0 Å². The van der Waals surface area contributed by atoms with E-state index in [4.69, 9.17) is 9.84 Å². The third-order valence-electron chi connectivity index (χ3n) is 5.89. The molecule has 0 bridgehead atoms. The summed E-state index contributed by atoms with van der Waals surface area (Å²) >= 11 is 0. The fourth-order valence-corrected chi connectivity index (χ4v) is 4.21. The molecule has 1 unspecified atom stereocenters. The average Bonchev–Trinajstić information content (AvgIpc) is 3.19. The van der Waals surface area contributed by atoms with Gasteiger partial charge in [-0.25, -0.2) is 4.39 Å². The van der Waals surface area contributed by atoms with E-state index in [0.717, 1.165) is 41.8 Å². The second-order valence-corrected chi connectivity index (χ2v) is 7.98. The summed E-state index contributed by atoms with van der Waals surface area (Å²) < 4.78 is 17.5. The van der Waals surface area contributed by atoms with Crippen LogP contribution >= 0.6 is 0 Å². The van der Waals surface area contributed by atoms with E-state index in [1.54, 1.807) is 13.2 Å². The van der Waals surface area contributed by atoms with Gasteiger partial charge in [-0.05, 0) is 73.1 Å². The molecule has 0 amide bonds. The van der Waals surface area contributed by atoms with Gasteiger partial charge < -0.3 is 19.9 Å². The Morgan fingerprint density at radius 1 is 1.09 bits per heavy atom. The number of aromatic amines is 1. The maximum absolute atomic E-state index is 12.3. The molecule has 1 aliphatic rings. The number of methoxy groups -OCH3 is 1. The number of rotatable bonds is 3. The summed E-state index contributed by atoms with van der Waals surface area (Å²) in [7, 11) is 3.84. The number of halogens is 1. The lowest BCUT2D eigenvalue weighted by atomic mass is 9.93. The molecule has 3 N–H and O–H groups in total. The first-order chi connectivity index (χ1) is 15.9. The Balaban J connectivity index is 0.000000219. The van der Waals surface area contributed by atoms with E-state index in [1.807, 2.05) is 24.3 Å². The number of phenols is 2. The number of hydrogen-bond acceptors (Lipinski definition) is 5. The summed E-state index contributed by atoms with van der Waals surface area (Å²) in [5.74, 6) is -0.0246. The van der Waals surface area contributed by atoms with Crippen molar-refractivity contribution < 1.29 is 24.1 Å². The van der Waals surface area contributed by atoms with E-state index < -0.39 is 11.6 Å². The smallest absolute Gasteiger partial charge is 0.164 e. The topological polar surface area (TPSA) is 85.8 Å². The fraction of sp³-hybridized carbons (Fsp3) is 0.192. The Bertz CT molecular complexity index is 1280. The molecule has 0 saturated heterocycles. The van der Waals surface area contributed by atoms with Crippen molar-refractivity contribution in [1.82, 2.24) is 9.88 Å². The molecule has 1 aromatic heterocycles. The first-order valence-electron chi connectivity index (χ1n) is 10.5. The molecule has 4 aromatic rings. The molecule has 1 aliphatic heterocycles. The predicted octanol–water partition coefficient (Wildman–Crippen LogP) is 4.80. The van der Waals surface area contributed by atoms with Crippen LogP contribution in [0.15, 0.2) is 60.7 Å². The van der Waals surface area contributed by atoms with E-state index in [-0.39, 0.29) is 11.6 Å². The summed E-state index contributed by atoms with van der Waals surface area (Å²) in [5, 5.41) is 19.6. The number of aldehydes is 1. The molecule has 0 fully saturated rings. The number of phenolic OH excluding ortho intramolecular Hbond substituents is 2. The van der Waals surface area contributed by atoms with E-state index in [0.29, 0.717) is 12.0 Å². The summed E-state index contributed by atoms with van der Waals surface area (Å²) in [4.78, 5) is 16.0. The van der Waals surface area contributed by atoms with E-state index in [1.165, 1.54) is 22.9 Å². The van der Waals surface area contributed by atoms with Crippen molar-refractivity contribution in [2.24, 2.45) is 0 Å². The Hall–Kier alpha value is -3.84. The van der Waals surface area contributed by atoms with Gasteiger partial charge in [-0.2, -0.15) is 0 Å². The van der Waals surface area contributed by atoms with Gasteiger partial charge in [0.1, 0.15) is 17.8 Å². The van der Waals surface area contributed by atoms with Crippen LogP contribution in [0.3, 0.4) is 0 Å². The molecular weight excluding hydrogens is 423 g/mol. The van der Waals surface area contributed by atoms with Crippen LogP contribution in [0.4, 0.5) is 4.39 Å². The van der Waals surface area contributed by atoms with Gasteiger partial charge in [-0.15, -0.1) is 0 Å². The number of likely N-dealkylation sites (N-methyl/N-ethyl adjacent to an activating group) is 1. The highest BCUT2D eigenvalue weighted by Crippen LogP contribution is 2.38. The van der Waals surface area contributed by atoms with Gasteiger partial charge in [0.15, 0.2) is 11.6 Å². The summed E-state index contributed by atoms with van der Waals surface area (Å²) in [5.41, 5.74) is 5.13. The van der Waals surface area contributed by atoms with Crippen molar-refractivity contribution in [2.75, 3.05) is 20.7 Å². The van der Waals surface area contributed by atoms with E-state index in [9.17, 15) is 14.3 Å². The Labute approximate surface area is 190 Å². The second-order valence-electron chi connectivity index (χ2n) is 7.98. The molecule has 1 atom stereocenters. The predicted molar refractivity (Wildman–Crippen MR) is 125 cm³/mol. The minimum atomic E-state index is -0.717. The van der Waals surface area contributed by atoms with Gasteiger partial charge >= 0.3 is 0 Å². The lowest BCUT2D eigenvalue weighted by Gasteiger charge is -2.33. The zero-order valence-electron chi connectivity index (χ0n) is 18.4. The van der Waals surface area contributed by atoms with Gasteiger partial charge in [0.2, 0.25) is 0 Å². The number of hydrogen-bond donors (Lipinski definition) is 3. The number of benzene rings is 3. The first-order valence-corrected chi connectivity index (χ1v) is 10.5. The maximum Gasteiger partial charge on any atom is 0.164 e. The quantitative estimate of drug-likeness (QED) is 0.392. The molecule has 0 aliphatic carbocycles. The van der Waals surface area contributed by atoms with Crippen LogP contribution in [0.1, 0.15) is 33.2 Å². The number of nitrogens with one attached hydrogen (secondary N) is 1. The number of carbonyl (C=O) groups is 1. The summed E-state index contributed by atoms with van der Waals surface area (Å²) in [6, 6.07) is 17.4. The fourth-order valence-electron chi connectivity index (χ4n) is 4.21. The van der Waals surface area contributed by atoms with Crippen molar-refractivity contribution in [2.45, 2.75) is 12.5 Å². The Kier molecular flexibility index (Phi) is 6.33. The van der Waals surface area contributed by atoms with Gasteiger partial charge in [-0.1, -0.05) is 12.1 Å². The van der Waals surface area contributed by atoms with E-state index >= 15 is 0 Å². The van der Waals surface area contributed by atoms with Crippen molar-refractivity contribution in [3.05, 3.63) is 88.9 Å². The van der Waals surface area contributed by atoms with Crippen LogP contribution in [0, 0.1) is 5.82 Å². The van der Waals surface area contributed by atoms with Gasteiger partial charge in [0.25, 0.3) is 0 Å². The minimum absolute atomic E-state index is 0.194. The zero-order chi connectivity index (χ0) is 23.5.